The molecule has 8 nitrogen and oxygen atoms in total. The first-order chi connectivity index (χ1) is 13.4. The normalized spacial score (nSPS) is 12.4. The number of anilines is 1. The molecule has 1 unspecified atom stereocenters. The van der Waals surface area contributed by atoms with Gasteiger partial charge in [0.05, 0.1) is 6.33 Å². The van der Waals surface area contributed by atoms with Crippen molar-refractivity contribution >= 4 is 33.5 Å². The Morgan fingerprint density at radius 2 is 1.75 bits per heavy atom. The topological polar surface area (TPSA) is 90.9 Å². The number of amides is 1. The van der Waals surface area contributed by atoms with Crippen molar-refractivity contribution in [1.82, 2.24) is 18.7 Å². The van der Waals surface area contributed by atoms with E-state index in [4.69, 9.17) is 0 Å². The lowest BCUT2D eigenvalue weighted by molar-refractivity contribution is -0.118. The van der Waals surface area contributed by atoms with Crippen molar-refractivity contribution in [3.63, 3.8) is 0 Å². The van der Waals surface area contributed by atoms with Gasteiger partial charge in [0.15, 0.2) is 11.2 Å². The molecule has 2 heterocycles. The summed E-state index contributed by atoms with van der Waals surface area (Å²) >= 11 is 0. The number of imidazole rings is 1. The largest absolute Gasteiger partial charge is 0.332 e. The van der Waals surface area contributed by atoms with E-state index in [1.165, 1.54) is 22.5 Å². The molecule has 0 aliphatic rings. The molecule has 28 heavy (non-hydrogen) atoms. The molecule has 0 bridgehead atoms. The van der Waals surface area contributed by atoms with Gasteiger partial charge < -0.3 is 9.88 Å². The molecule has 8 heteroatoms. The standard InChI is InChI=1S/C20H19N5O3/c1-12(18(26)22-15-9-8-13-6-4-5-7-14(13)10-15)25-11-21-17-16(25)19(27)24(3)20(28)23(17)2/h4-12H,1-3H3,(H,22,26). The highest BCUT2D eigenvalue weighted by atomic mass is 16.2. The highest BCUT2D eigenvalue weighted by Gasteiger charge is 2.22. The number of hydrogen-bond donors (Lipinski definition) is 1. The molecule has 0 fully saturated rings. The van der Waals surface area contributed by atoms with Crippen molar-refractivity contribution in [2.45, 2.75) is 13.0 Å². The molecule has 0 radical (unpaired) electrons. The van der Waals surface area contributed by atoms with Crippen LogP contribution in [0.4, 0.5) is 5.69 Å². The van der Waals surface area contributed by atoms with Gasteiger partial charge in [0.1, 0.15) is 6.04 Å². The van der Waals surface area contributed by atoms with Crippen LogP contribution in [0.25, 0.3) is 21.9 Å². The molecule has 0 saturated heterocycles. The maximum atomic E-state index is 12.8. The van der Waals surface area contributed by atoms with Crippen LogP contribution in [0.2, 0.25) is 0 Å². The van der Waals surface area contributed by atoms with E-state index >= 15 is 0 Å². The Kier molecular flexibility index (Phi) is 4.11. The van der Waals surface area contributed by atoms with Crippen molar-refractivity contribution < 1.29 is 4.79 Å². The van der Waals surface area contributed by atoms with E-state index in [9.17, 15) is 14.4 Å². The summed E-state index contributed by atoms with van der Waals surface area (Å²) in [5, 5.41) is 4.98. The van der Waals surface area contributed by atoms with Crippen molar-refractivity contribution in [3.05, 3.63) is 69.6 Å². The van der Waals surface area contributed by atoms with Crippen LogP contribution in [0, 0.1) is 0 Å². The second kappa shape index (κ2) is 6.49. The Morgan fingerprint density at radius 3 is 2.50 bits per heavy atom. The number of fused-ring (bicyclic) bond motifs is 2. The second-order valence-electron chi connectivity index (χ2n) is 6.76. The Hall–Kier alpha value is -3.68. The maximum absolute atomic E-state index is 12.8. The van der Waals surface area contributed by atoms with Crippen LogP contribution in [0.5, 0.6) is 0 Å². The Labute approximate surface area is 159 Å². The molecule has 142 valence electrons. The van der Waals surface area contributed by atoms with Crippen molar-refractivity contribution in [1.29, 1.82) is 0 Å². The number of hydrogen-bond acceptors (Lipinski definition) is 4. The highest BCUT2D eigenvalue weighted by Crippen LogP contribution is 2.21. The first-order valence-electron chi connectivity index (χ1n) is 8.80. The molecule has 2 aromatic carbocycles. The molecule has 4 aromatic rings. The van der Waals surface area contributed by atoms with Gasteiger partial charge in [-0.2, -0.15) is 0 Å². The molecular formula is C20H19N5O3. The van der Waals surface area contributed by atoms with Crippen molar-refractivity contribution in [3.8, 4) is 0 Å². The third kappa shape index (κ3) is 2.70. The van der Waals surface area contributed by atoms with Gasteiger partial charge in [-0.3, -0.25) is 18.7 Å². The predicted molar refractivity (Wildman–Crippen MR) is 108 cm³/mol. The lowest BCUT2D eigenvalue weighted by Gasteiger charge is -2.15. The number of nitrogens with zero attached hydrogens (tertiary/aromatic N) is 4. The molecular weight excluding hydrogens is 358 g/mol. The third-order valence-electron chi connectivity index (χ3n) is 4.99. The number of nitrogens with one attached hydrogen (secondary N) is 1. The number of carbonyl (C=O) groups excluding carboxylic acids is 1. The van der Waals surface area contributed by atoms with Gasteiger partial charge in [0.25, 0.3) is 5.56 Å². The molecule has 0 saturated carbocycles. The smallest absolute Gasteiger partial charge is 0.324 e. The lowest BCUT2D eigenvalue weighted by Crippen LogP contribution is -2.38. The summed E-state index contributed by atoms with van der Waals surface area (Å²) in [6, 6.07) is 12.9. The number of aryl methyl sites for hydroxylation is 1. The first-order valence-corrected chi connectivity index (χ1v) is 8.80. The van der Waals surface area contributed by atoms with Gasteiger partial charge in [0, 0.05) is 19.8 Å². The van der Waals surface area contributed by atoms with E-state index in [1.807, 2.05) is 42.5 Å². The minimum Gasteiger partial charge on any atom is -0.324 e. The molecule has 1 atom stereocenters. The third-order valence-corrected chi connectivity index (χ3v) is 4.99. The van der Waals surface area contributed by atoms with E-state index in [-0.39, 0.29) is 17.1 Å². The van der Waals surface area contributed by atoms with E-state index in [1.54, 1.807) is 14.0 Å². The average Bonchev–Trinajstić information content (AvgIpc) is 3.15. The summed E-state index contributed by atoms with van der Waals surface area (Å²) in [6.45, 7) is 1.68. The summed E-state index contributed by atoms with van der Waals surface area (Å²) in [6.07, 6.45) is 1.41. The minimum absolute atomic E-state index is 0.214. The van der Waals surface area contributed by atoms with Crippen molar-refractivity contribution in [2.75, 3.05) is 5.32 Å². The Bertz CT molecular complexity index is 1350. The fraction of sp³-hybridized carbons (Fsp3) is 0.200. The molecule has 4 rings (SSSR count). The van der Waals surface area contributed by atoms with Crippen LogP contribution in [0.3, 0.4) is 0 Å². The van der Waals surface area contributed by atoms with Crippen LogP contribution >= 0.6 is 0 Å². The Balaban J connectivity index is 1.71. The lowest BCUT2D eigenvalue weighted by atomic mass is 10.1. The summed E-state index contributed by atoms with van der Waals surface area (Å²) < 4.78 is 3.79. The maximum Gasteiger partial charge on any atom is 0.332 e. The summed E-state index contributed by atoms with van der Waals surface area (Å²) in [7, 11) is 2.95. The average molecular weight is 377 g/mol. The summed E-state index contributed by atoms with van der Waals surface area (Å²) in [4.78, 5) is 41.6. The highest BCUT2D eigenvalue weighted by molar-refractivity contribution is 5.96. The van der Waals surface area contributed by atoms with Gasteiger partial charge in [-0.25, -0.2) is 9.78 Å². The van der Waals surface area contributed by atoms with Gasteiger partial charge in [-0.1, -0.05) is 30.3 Å². The van der Waals surface area contributed by atoms with Gasteiger partial charge >= 0.3 is 5.69 Å². The second-order valence-corrected chi connectivity index (χ2v) is 6.76. The van der Waals surface area contributed by atoms with E-state index in [0.29, 0.717) is 5.69 Å². The molecule has 2 aromatic heterocycles. The quantitative estimate of drug-likeness (QED) is 0.589. The molecule has 0 aliphatic carbocycles. The fourth-order valence-electron chi connectivity index (χ4n) is 3.30. The van der Waals surface area contributed by atoms with Crippen molar-refractivity contribution in [2.24, 2.45) is 14.1 Å². The number of carbonyl (C=O) groups is 1. The molecule has 0 aliphatic heterocycles. The first kappa shape index (κ1) is 17.7. The monoisotopic (exact) mass is 377 g/mol. The van der Waals surface area contributed by atoms with Gasteiger partial charge in [-0.15, -0.1) is 0 Å². The van der Waals surface area contributed by atoms with E-state index in [0.717, 1.165) is 15.3 Å². The minimum atomic E-state index is -0.693. The zero-order valence-corrected chi connectivity index (χ0v) is 15.7. The zero-order chi connectivity index (χ0) is 20.0. The zero-order valence-electron chi connectivity index (χ0n) is 15.7. The van der Waals surface area contributed by atoms with Crippen LogP contribution in [-0.4, -0.2) is 24.6 Å². The molecule has 1 N–H and O–H groups in total. The van der Waals surface area contributed by atoms with E-state index in [2.05, 4.69) is 10.3 Å². The van der Waals surface area contributed by atoms with Crippen LogP contribution in [-0.2, 0) is 18.9 Å². The predicted octanol–water partition coefficient (Wildman–Crippen LogP) is 1.79. The number of rotatable bonds is 3. The summed E-state index contributed by atoms with van der Waals surface area (Å²) in [5.74, 6) is -0.287. The summed E-state index contributed by atoms with van der Waals surface area (Å²) in [5.41, 5.74) is 0.182. The Morgan fingerprint density at radius 1 is 1.04 bits per heavy atom. The van der Waals surface area contributed by atoms with E-state index < -0.39 is 17.3 Å². The number of aromatic nitrogens is 4. The fourth-order valence-corrected chi connectivity index (χ4v) is 3.30. The SMILES string of the molecule is CC(C(=O)Nc1ccc2ccccc2c1)n1cnc2c1c(=O)n(C)c(=O)n2C. The van der Waals surface area contributed by atoms with Crippen LogP contribution in [0.1, 0.15) is 13.0 Å². The number of benzene rings is 2. The van der Waals surface area contributed by atoms with Crippen LogP contribution in [0.15, 0.2) is 58.4 Å². The van der Waals surface area contributed by atoms with Gasteiger partial charge in [-0.05, 0) is 29.8 Å². The van der Waals surface area contributed by atoms with Crippen LogP contribution < -0.4 is 16.6 Å². The molecule has 0 spiro atoms. The molecule has 1 amide bonds. The van der Waals surface area contributed by atoms with Gasteiger partial charge in [0.2, 0.25) is 5.91 Å².